The number of hydrogen-bond donors (Lipinski definition) is 1. The summed E-state index contributed by atoms with van der Waals surface area (Å²) in [5, 5.41) is -0.100. The van der Waals surface area contributed by atoms with Gasteiger partial charge in [-0.15, -0.1) is 0 Å². The Hall–Kier alpha value is -4.04. The van der Waals surface area contributed by atoms with Gasteiger partial charge in [0, 0.05) is 50.9 Å². The quantitative estimate of drug-likeness (QED) is 0.126. The van der Waals surface area contributed by atoms with Crippen molar-refractivity contribution >= 4 is 8.32 Å². The molecule has 12 heteroatoms. The Balaban J connectivity index is 1.55. The van der Waals surface area contributed by atoms with Gasteiger partial charge in [0.2, 0.25) is 0 Å². The number of piperazine rings is 1. The summed E-state index contributed by atoms with van der Waals surface area (Å²) in [5.74, 6) is 1.47. The second kappa shape index (κ2) is 16.2. The summed E-state index contributed by atoms with van der Waals surface area (Å²) in [7, 11) is 3.04. The van der Waals surface area contributed by atoms with Gasteiger partial charge in [0.05, 0.1) is 26.9 Å². The molecular weight excluding hydrogens is 713 g/mol. The van der Waals surface area contributed by atoms with Crippen molar-refractivity contribution in [2.24, 2.45) is 0 Å². The van der Waals surface area contributed by atoms with Gasteiger partial charge in [-0.05, 0) is 73.1 Å². The summed E-state index contributed by atoms with van der Waals surface area (Å²) < 4.78 is 35.0. The third-order valence-electron chi connectivity index (χ3n) is 11.9. The maximum atomic E-state index is 13.5. The fraction of sp³-hybridized carbons (Fsp3) is 0.488. The van der Waals surface area contributed by atoms with Gasteiger partial charge in [-0.2, -0.15) is 0 Å². The second-order valence-corrected chi connectivity index (χ2v) is 21.3. The lowest BCUT2D eigenvalue weighted by molar-refractivity contribution is -0.169. The average Bonchev–Trinajstić information content (AvgIpc) is 3.51. The lowest BCUT2D eigenvalue weighted by atomic mass is 9.79. The van der Waals surface area contributed by atoms with Crippen LogP contribution in [0.2, 0.25) is 18.1 Å². The molecule has 11 nitrogen and oxygen atoms in total. The van der Waals surface area contributed by atoms with E-state index in [-0.39, 0.29) is 11.6 Å². The van der Waals surface area contributed by atoms with E-state index >= 15 is 0 Å². The summed E-state index contributed by atoms with van der Waals surface area (Å²) in [4.78, 5) is 33.2. The highest BCUT2D eigenvalue weighted by atomic mass is 28.4. The van der Waals surface area contributed by atoms with Crippen LogP contribution in [0.15, 0.2) is 94.6 Å². The average molecular weight is 771 g/mol. The molecule has 6 rings (SSSR count). The number of rotatable bonds is 13. The molecule has 0 saturated carbocycles. The second-order valence-electron chi connectivity index (χ2n) is 16.6. The van der Waals surface area contributed by atoms with Crippen LogP contribution in [0.25, 0.3) is 0 Å². The highest BCUT2D eigenvalue weighted by Gasteiger charge is 2.56. The third-order valence-corrected chi connectivity index (χ3v) is 16.4. The summed E-state index contributed by atoms with van der Waals surface area (Å²) in [6, 6.07) is 26.2. The van der Waals surface area contributed by atoms with Crippen molar-refractivity contribution in [2.45, 2.75) is 75.8 Å². The van der Waals surface area contributed by atoms with E-state index in [9.17, 15) is 9.59 Å². The van der Waals surface area contributed by atoms with E-state index in [0.717, 1.165) is 54.4 Å². The van der Waals surface area contributed by atoms with Gasteiger partial charge in [0.25, 0.3) is 5.56 Å². The monoisotopic (exact) mass is 770 g/mol. The zero-order chi connectivity index (χ0) is 39.6. The van der Waals surface area contributed by atoms with Crippen LogP contribution in [0.4, 0.5) is 0 Å². The molecule has 0 bridgehead atoms. The van der Waals surface area contributed by atoms with Gasteiger partial charge in [0.15, 0.2) is 8.32 Å². The smallest absolute Gasteiger partial charge is 0.330 e. The van der Waals surface area contributed by atoms with E-state index in [2.05, 4.69) is 67.8 Å². The lowest BCUT2D eigenvalue weighted by Gasteiger charge is -2.47. The van der Waals surface area contributed by atoms with Crippen molar-refractivity contribution in [1.82, 2.24) is 19.4 Å². The first-order valence-corrected chi connectivity index (χ1v) is 22.1. The topological polar surface area (TPSA) is 107 Å². The number of ether oxygens (including phenoxy) is 4. The number of benzene rings is 3. The molecule has 2 aliphatic rings. The number of aromatic amines is 1. The molecule has 0 spiro atoms. The van der Waals surface area contributed by atoms with E-state index in [4.69, 9.17) is 23.4 Å². The van der Waals surface area contributed by atoms with Gasteiger partial charge >= 0.3 is 5.69 Å². The zero-order valence-corrected chi connectivity index (χ0v) is 34.9. The fourth-order valence-corrected chi connectivity index (χ4v) is 8.83. The predicted octanol–water partition coefficient (Wildman–Crippen LogP) is 6.17. The van der Waals surface area contributed by atoms with Crippen molar-refractivity contribution in [2.75, 3.05) is 60.6 Å². The molecule has 0 aliphatic carbocycles. The largest absolute Gasteiger partial charge is 0.497 e. The van der Waals surface area contributed by atoms with E-state index in [1.165, 1.54) is 4.57 Å². The van der Waals surface area contributed by atoms with Crippen molar-refractivity contribution in [1.29, 1.82) is 0 Å². The number of nitrogens with one attached hydrogen (secondary N) is 1. The first-order chi connectivity index (χ1) is 26.1. The number of aromatic nitrogens is 2. The molecule has 0 radical (unpaired) electrons. The molecule has 2 saturated heterocycles. The SMILES string of the molecule is COc1ccc(C(OC[C@@]2(CN3CCN(C)CC3)O[C@@H](n3cc(C)c(=O)[nH]c3=O)CC2O[Si](C)(C)C(C)(C)C)(c2ccccc2)c2ccc(OC)cc2)cc1. The summed E-state index contributed by atoms with van der Waals surface area (Å²) in [5.41, 5.74) is 0.114. The standard InChI is InChI=1S/C43H58N4O7Si/c1-31-28-47(40(49)44-39(31)48)38-27-37(54-55(8,9)41(2,3)4)42(53-38,29-46-25-23-45(5)24-26-46)30-52-43(32-13-11-10-12-14-32,33-15-19-35(50-6)20-16-33)34-17-21-36(51-7)22-18-34/h10-22,28,37-38H,23-27,29-30H2,1-9H3,(H,44,48,49)/t37?,38-,42-/m1/s1. The van der Waals surface area contributed by atoms with Gasteiger partial charge < -0.3 is 28.3 Å². The van der Waals surface area contributed by atoms with Gasteiger partial charge in [-0.1, -0.05) is 75.4 Å². The minimum Gasteiger partial charge on any atom is -0.497 e. The first-order valence-electron chi connectivity index (χ1n) is 19.2. The number of likely N-dealkylation sites (N-methyl/N-ethyl adjacent to an activating group) is 1. The molecule has 2 fully saturated rings. The Morgan fingerprint density at radius 2 is 1.38 bits per heavy atom. The Kier molecular flexibility index (Phi) is 12.0. The third kappa shape index (κ3) is 8.40. The minimum absolute atomic E-state index is 0.100. The maximum absolute atomic E-state index is 13.5. The summed E-state index contributed by atoms with van der Waals surface area (Å²) >= 11 is 0. The summed E-state index contributed by atoms with van der Waals surface area (Å²) in [6.07, 6.45) is 0.850. The minimum atomic E-state index is -2.42. The zero-order valence-electron chi connectivity index (χ0n) is 33.9. The van der Waals surface area contributed by atoms with Crippen LogP contribution in [-0.2, 0) is 19.5 Å². The Bertz CT molecular complexity index is 1950. The molecular formula is C43H58N4O7Si. The molecule has 1 unspecified atom stereocenters. The molecule has 1 N–H and O–H groups in total. The Labute approximate surface area is 326 Å². The Morgan fingerprint density at radius 1 is 0.836 bits per heavy atom. The molecule has 55 heavy (non-hydrogen) atoms. The van der Waals surface area contributed by atoms with Crippen LogP contribution in [-0.4, -0.2) is 100.0 Å². The molecule has 1 aromatic heterocycles. The van der Waals surface area contributed by atoms with Crippen molar-refractivity contribution in [3.05, 3.63) is 128 Å². The number of aryl methyl sites for hydroxylation is 1. The fourth-order valence-electron chi connectivity index (χ4n) is 7.45. The number of nitrogens with zero attached hydrogens (tertiary/aromatic N) is 3. The van der Waals surface area contributed by atoms with Crippen LogP contribution < -0.4 is 20.7 Å². The number of H-pyrrole nitrogens is 1. The molecule has 0 amide bonds. The highest BCUT2D eigenvalue weighted by Crippen LogP contribution is 2.48. The summed E-state index contributed by atoms with van der Waals surface area (Å²) in [6.45, 7) is 17.1. The molecule has 4 aromatic rings. The van der Waals surface area contributed by atoms with Crippen LogP contribution in [0, 0.1) is 6.92 Å². The van der Waals surface area contributed by atoms with Crippen molar-refractivity contribution < 1.29 is 23.4 Å². The van der Waals surface area contributed by atoms with E-state index in [1.807, 2.05) is 66.7 Å². The van der Waals surface area contributed by atoms with Gasteiger partial charge in [0.1, 0.15) is 28.9 Å². The van der Waals surface area contributed by atoms with Crippen molar-refractivity contribution in [3.63, 3.8) is 0 Å². The van der Waals surface area contributed by atoms with E-state index in [0.29, 0.717) is 18.5 Å². The van der Waals surface area contributed by atoms with Crippen LogP contribution >= 0.6 is 0 Å². The predicted molar refractivity (Wildman–Crippen MR) is 218 cm³/mol. The van der Waals surface area contributed by atoms with Crippen LogP contribution in [0.5, 0.6) is 11.5 Å². The molecule has 296 valence electrons. The highest BCUT2D eigenvalue weighted by molar-refractivity contribution is 6.74. The Morgan fingerprint density at radius 3 is 1.91 bits per heavy atom. The first kappa shape index (κ1) is 40.6. The van der Waals surface area contributed by atoms with Crippen LogP contribution in [0.1, 0.15) is 55.7 Å². The number of hydrogen-bond acceptors (Lipinski definition) is 9. The van der Waals surface area contributed by atoms with Crippen LogP contribution in [0.3, 0.4) is 0 Å². The molecule has 3 atom stereocenters. The maximum Gasteiger partial charge on any atom is 0.330 e. The van der Waals surface area contributed by atoms with Gasteiger partial charge in [-0.25, -0.2) is 4.79 Å². The van der Waals surface area contributed by atoms with Gasteiger partial charge in [-0.3, -0.25) is 19.2 Å². The normalized spacial score (nSPS) is 21.5. The molecule has 3 aromatic carbocycles. The molecule has 2 aliphatic heterocycles. The van der Waals surface area contributed by atoms with E-state index in [1.54, 1.807) is 27.3 Å². The molecule has 3 heterocycles. The number of methoxy groups -OCH3 is 2. The van der Waals surface area contributed by atoms with Crippen molar-refractivity contribution in [3.8, 4) is 11.5 Å². The lowest BCUT2D eigenvalue weighted by Crippen LogP contribution is -2.60. The van der Waals surface area contributed by atoms with E-state index < -0.39 is 43.1 Å².